The molecule has 0 aliphatic heterocycles. The van der Waals surface area contributed by atoms with Gasteiger partial charge in [0.1, 0.15) is 5.60 Å². The molecule has 1 fully saturated rings. The average Bonchev–Trinajstić information content (AvgIpc) is 2.79. The summed E-state index contributed by atoms with van der Waals surface area (Å²) in [5.74, 6) is -0.199. The fraction of sp³-hybridized carbons (Fsp3) is 0.700. The first-order valence-electron chi connectivity index (χ1n) is 4.61. The molecule has 0 aromatic carbocycles. The molecule has 1 saturated carbocycles. The van der Waals surface area contributed by atoms with Crippen molar-refractivity contribution in [1.82, 2.24) is 4.90 Å². The fourth-order valence-electron chi connectivity index (χ4n) is 1.27. The molecule has 0 saturated heterocycles. The molecule has 1 rings (SSSR count). The molecular formula is C10H17NO2. The van der Waals surface area contributed by atoms with E-state index in [0.717, 1.165) is 12.8 Å². The third kappa shape index (κ3) is 2.56. The summed E-state index contributed by atoms with van der Waals surface area (Å²) >= 11 is 0. The van der Waals surface area contributed by atoms with Crippen LogP contribution in [0, 0.1) is 0 Å². The Kier molecular flexibility index (Phi) is 2.76. The van der Waals surface area contributed by atoms with E-state index in [1.54, 1.807) is 11.0 Å². The SMILES string of the molecule is C=CCN(C(=O)C(C)(C)O)C1CC1. The van der Waals surface area contributed by atoms with Gasteiger partial charge in [-0.1, -0.05) is 6.08 Å². The smallest absolute Gasteiger partial charge is 0.254 e. The number of nitrogens with zero attached hydrogens (tertiary/aromatic N) is 1. The summed E-state index contributed by atoms with van der Waals surface area (Å²) < 4.78 is 0. The second-order valence-corrected chi connectivity index (χ2v) is 4.04. The Labute approximate surface area is 79.0 Å². The highest BCUT2D eigenvalue weighted by atomic mass is 16.3. The molecule has 0 spiro atoms. The highest BCUT2D eigenvalue weighted by molar-refractivity contribution is 5.84. The summed E-state index contributed by atoms with van der Waals surface area (Å²) in [5.41, 5.74) is -1.26. The number of amides is 1. The lowest BCUT2D eigenvalue weighted by Crippen LogP contribution is -2.46. The zero-order chi connectivity index (χ0) is 10.1. The summed E-state index contributed by atoms with van der Waals surface area (Å²) in [4.78, 5) is 13.4. The van der Waals surface area contributed by atoms with Crippen LogP contribution in [0.15, 0.2) is 12.7 Å². The van der Waals surface area contributed by atoms with Crippen molar-refractivity contribution in [3.05, 3.63) is 12.7 Å². The van der Waals surface area contributed by atoms with Gasteiger partial charge in [0, 0.05) is 12.6 Å². The number of carbonyl (C=O) groups excluding carboxylic acids is 1. The summed E-state index contributed by atoms with van der Waals surface area (Å²) in [6, 6.07) is 0.330. The van der Waals surface area contributed by atoms with Crippen LogP contribution in [0.2, 0.25) is 0 Å². The maximum atomic E-state index is 11.7. The lowest BCUT2D eigenvalue weighted by atomic mass is 10.1. The number of hydrogen-bond donors (Lipinski definition) is 1. The van der Waals surface area contributed by atoms with E-state index in [2.05, 4.69) is 6.58 Å². The Bertz CT molecular complexity index is 213. The Hall–Kier alpha value is -0.830. The van der Waals surface area contributed by atoms with Crippen LogP contribution in [0.1, 0.15) is 26.7 Å². The van der Waals surface area contributed by atoms with E-state index in [9.17, 15) is 9.90 Å². The van der Waals surface area contributed by atoms with E-state index < -0.39 is 5.60 Å². The van der Waals surface area contributed by atoms with Crippen LogP contribution in [0.3, 0.4) is 0 Å². The van der Waals surface area contributed by atoms with Crippen LogP contribution in [0.25, 0.3) is 0 Å². The molecule has 0 aromatic rings. The van der Waals surface area contributed by atoms with Crippen molar-refractivity contribution in [2.45, 2.75) is 38.3 Å². The molecule has 0 bridgehead atoms. The Morgan fingerprint density at radius 3 is 2.54 bits per heavy atom. The molecule has 1 N–H and O–H groups in total. The van der Waals surface area contributed by atoms with Crippen molar-refractivity contribution in [3.63, 3.8) is 0 Å². The number of aliphatic hydroxyl groups is 1. The average molecular weight is 183 g/mol. The number of rotatable bonds is 4. The number of carbonyl (C=O) groups is 1. The van der Waals surface area contributed by atoms with Gasteiger partial charge < -0.3 is 10.0 Å². The van der Waals surface area contributed by atoms with Crippen LogP contribution >= 0.6 is 0 Å². The van der Waals surface area contributed by atoms with Crippen LogP contribution in [-0.2, 0) is 4.79 Å². The molecule has 1 aliphatic rings. The maximum Gasteiger partial charge on any atom is 0.254 e. The van der Waals surface area contributed by atoms with Crippen LogP contribution < -0.4 is 0 Å². The van der Waals surface area contributed by atoms with Gasteiger partial charge >= 0.3 is 0 Å². The molecular weight excluding hydrogens is 166 g/mol. The molecule has 0 heterocycles. The van der Waals surface area contributed by atoms with Crippen molar-refractivity contribution in [3.8, 4) is 0 Å². The Morgan fingerprint density at radius 1 is 1.69 bits per heavy atom. The lowest BCUT2D eigenvalue weighted by Gasteiger charge is -2.27. The van der Waals surface area contributed by atoms with Crippen molar-refractivity contribution in [2.24, 2.45) is 0 Å². The van der Waals surface area contributed by atoms with E-state index >= 15 is 0 Å². The van der Waals surface area contributed by atoms with Crippen molar-refractivity contribution >= 4 is 5.91 Å². The van der Waals surface area contributed by atoms with E-state index in [4.69, 9.17) is 0 Å². The molecule has 13 heavy (non-hydrogen) atoms. The van der Waals surface area contributed by atoms with E-state index in [1.165, 1.54) is 13.8 Å². The van der Waals surface area contributed by atoms with Gasteiger partial charge in [-0.3, -0.25) is 4.79 Å². The minimum atomic E-state index is -1.26. The predicted octanol–water partition coefficient (Wildman–Crippen LogP) is 0.934. The second-order valence-electron chi connectivity index (χ2n) is 4.04. The van der Waals surface area contributed by atoms with Gasteiger partial charge in [0.05, 0.1) is 0 Å². The lowest BCUT2D eigenvalue weighted by molar-refractivity contribution is -0.147. The summed E-state index contributed by atoms with van der Waals surface area (Å²) in [5, 5.41) is 9.53. The first kappa shape index (κ1) is 10.3. The number of hydrogen-bond acceptors (Lipinski definition) is 2. The second kappa shape index (κ2) is 3.50. The monoisotopic (exact) mass is 183 g/mol. The van der Waals surface area contributed by atoms with Crippen LogP contribution in [-0.4, -0.2) is 34.1 Å². The molecule has 0 unspecified atom stereocenters. The molecule has 3 nitrogen and oxygen atoms in total. The topological polar surface area (TPSA) is 40.5 Å². The minimum absolute atomic E-state index is 0.199. The third-order valence-electron chi connectivity index (χ3n) is 2.10. The van der Waals surface area contributed by atoms with Gasteiger partial charge in [0.25, 0.3) is 5.91 Å². The fourth-order valence-corrected chi connectivity index (χ4v) is 1.27. The van der Waals surface area contributed by atoms with Crippen LogP contribution in [0.5, 0.6) is 0 Å². The third-order valence-corrected chi connectivity index (χ3v) is 2.10. The molecule has 0 aromatic heterocycles. The standard InChI is InChI=1S/C10H17NO2/c1-4-7-11(8-5-6-8)9(12)10(2,3)13/h4,8,13H,1,5-7H2,2-3H3. The maximum absolute atomic E-state index is 11.7. The van der Waals surface area contributed by atoms with Gasteiger partial charge in [0.15, 0.2) is 0 Å². The molecule has 74 valence electrons. The predicted molar refractivity (Wildman–Crippen MR) is 51.2 cm³/mol. The van der Waals surface area contributed by atoms with Crippen LogP contribution in [0.4, 0.5) is 0 Å². The first-order chi connectivity index (χ1) is 5.96. The normalized spacial score (nSPS) is 16.8. The zero-order valence-electron chi connectivity index (χ0n) is 8.29. The quantitative estimate of drug-likeness (QED) is 0.659. The zero-order valence-corrected chi connectivity index (χ0v) is 8.29. The molecule has 1 amide bonds. The Morgan fingerprint density at radius 2 is 2.23 bits per heavy atom. The highest BCUT2D eigenvalue weighted by Gasteiger charge is 2.37. The molecule has 3 heteroatoms. The van der Waals surface area contributed by atoms with Crippen molar-refractivity contribution in [1.29, 1.82) is 0 Å². The van der Waals surface area contributed by atoms with Crippen molar-refractivity contribution in [2.75, 3.05) is 6.54 Å². The van der Waals surface area contributed by atoms with E-state index in [0.29, 0.717) is 12.6 Å². The highest BCUT2D eigenvalue weighted by Crippen LogP contribution is 2.28. The van der Waals surface area contributed by atoms with Gasteiger partial charge in [-0.2, -0.15) is 0 Å². The minimum Gasteiger partial charge on any atom is -0.381 e. The molecule has 0 atom stereocenters. The Balaban J connectivity index is 2.63. The largest absolute Gasteiger partial charge is 0.381 e. The molecule has 0 radical (unpaired) electrons. The van der Waals surface area contributed by atoms with E-state index in [1.807, 2.05) is 0 Å². The van der Waals surface area contributed by atoms with Gasteiger partial charge in [-0.15, -0.1) is 6.58 Å². The summed E-state index contributed by atoms with van der Waals surface area (Å²) in [7, 11) is 0. The van der Waals surface area contributed by atoms with Gasteiger partial charge in [-0.05, 0) is 26.7 Å². The van der Waals surface area contributed by atoms with E-state index in [-0.39, 0.29) is 5.91 Å². The van der Waals surface area contributed by atoms with Crippen molar-refractivity contribution < 1.29 is 9.90 Å². The summed E-state index contributed by atoms with van der Waals surface area (Å²) in [6.07, 6.45) is 3.80. The van der Waals surface area contributed by atoms with Gasteiger partial charge in [-0.25, -0.2) is 0 Å². The first-order valence-corrected chi connectivity index (χ1v) is 4.61. The summed E-state index contributed by atoms with van der Waals surface area (Å²) in [6.45, 7) is 7.18. The molecule has 1 aliphatic carbocycles. The van der Waals surface area contributed by atoms with Gasteiger partial charge in [0.2, 0.25) is 0 Å².